The highest BCUT2D eigenvalue weighted by atomic mass is 16.3. The monoisotopic (exact) mass is 203 g/mol. The van der Waals surface area contributed by atoms with Gasteiger partial charge in [0.15, 0.2) is 0 Å². The van der Waals surface area contributed by atoms with E-state index in [1.807, 2.05) is 6.92 Å². The second-order valence-electron chi connectivity index (χ2n) is 3.61. The van der Waals surface area contributed by atoms with Gasteiger partial charge in [0.25, 0.3) is 0 Å². The molecule has 0 aliphatic rings. The summed E-state index contributed by atoms with van der Waals surface area (Å²) < 4.78 is 0. The third-order valence-corrected chi connectivity index (χ3v) is 2.00. The van der Waals surface area contributed by atoms with Crippen molar-refractivity contribution in [2.24, 2.45) is 0 Å². The van der Waals surface area contributed by atoms with Gasteiger partial charge in [-0.05, 0) is 13.8 Å². The van der Waals surface area contributed by atoms with Gasteiger partial charge in [-0.1, -0.05) is 0 Å². The first-order valence-corrected chi connectivity index (χ1v) is 4.81. The van der Waals surface area contributed by atoms with Crippen molar-refractivity contribution in [2.75, 3.05) is 27.2 Å². The van der Waals surface area contributed by atoms with Crippen LogP contribution >= 0.6 is 0 Å². The van der Waals surface area contributed by atoms with Gasteiger partial charge in [-0.2, -0.15) is 0 Å². The predicted molar refractivity (Wildman–Crippen MR) is 56.2 cm³/mol. The molecule has 0 saturated carbocycles. The standard InChI is InChI=1S/C9H21N3O2/c1-7(8(2)13)10-5-6-11-9(14)12(3)4/h7-8,10,13H,5-6H2,1-4H3,(H,11,14). The molecule has 84 valence electrons. The fraction of sp³-hybridized carbons (Fsp3) is 0.889. The van der Waals surface area contributed by atoms with Crippen molar-refractivity contribution in [3.63, 3.8) is 0 Å². The molecule has 2 unspecified atom stereocenters. The summed E-state index contributed by atoms with van der Waals surface area (Å²) in [5.74, 6) is 0. The van der Waals surface area contributed by atoms with E-state index in [2.05, 4.69) is 10.6 Å². The number of nitrogens with one attached hydrogen (secondary N) is 2. The van der Waals surface area contributed by atoms with E-state index in [9.17, 15) is 4.79 Å². The minimum Gasteiger partial charge on any atom is -0.392 e. The molecule has 0 rings (SSSR count). The van der Waals surface area contributed by atoms with Gasteiger partial charge >= 0.3 is 6.03 Å². The molecule has 2 atom stereocenters. The van der Waals surface area contributed by atoms with Crippen LogP contribution in [0.1, 0.15) is 13.8 Å². The van der Waals surface area contributed by atoms with Crippen molar-refractivity contribution >= 4 is 6.03 Å². The Hall–Kier alpha value is -0.810. The van der Waals surface area contributed by atoms with Gasteiger partial charge in [0.05, 0.1) is 6.10 Å². The number of aliphatic hydroxyl groups excluding tert-OH is 1. The minimum absolute atomic E-state index is 0.0475. The Morgan fingerprint density at radius 3 is 2.36 bits per heavy atom. The fourth-order valence-corrected chi connectivity index (χ4v) is 0.798. The first kappa shape index (κ1) is 13.2. The molecular weight excluding hydrogens is 182 g/mol. The van der Waals surface area contributed by atoms with E-state index in [-0.39, 0.29) is 18.2 Å². The van der Waals surface area contributed by atoms with Crippen molar-refractivity contribution in [3.05, 3.63) is 0 Å². The molecule has 5 heteroatoms. The van der Waals surface area contributed by atoms with Crippen LogP contribution in [0.3, 0.4) is 0 Å². The summed E-state index contributed by atoms with van der Waals surface area (Å²) in [5, 5.41) is 15.0. The molecule has 0 radical (unpaired) electrons. The highest BCUT2D eigenvalue weighted by molar-refractivity contribution is 5.73. The molecule has 0 aromatic heterocycles. The lowest BCUT2D eigenvalue weighted by Crippen LogP contribution is -2.42. The molecule has 0 bridgehead atoms. The molecule has 0 aromatic carbocycles. The zero-order valence-electron chi connectivity index (χ0n) is 9.37. The van der Waals surface area contributed by atoms with Gasteiger partial charge in [0.1, 0.15) is 0 Å². The quantitative estimate of drug-likeness (QED) is 0.534. The summed E-state index contributed by atoms with van der Waals surface area (Å²) in [7, 11) is 3.39. The maximum absolute atomic E-state index is 11.1. The zero-order valence-corrected chi connectivity index (χ0v) is 9.37. The third kappa shape index (κ3) is 5.77. The van der Waals surface area contributed by atoms with Crippen molar-refractivity contribution in [2.45, 2.75) is 26.0 Å². The van der Waals surface area contributed by atoms with Crippen LogP contribution < -0.4 is 10.6 Å². The van der Waals surface area contributed by atoms with Crippen LogP contribution in [0.25, 0.3) is 0 Å². The fourth-order valence-electron chi connectivity index (χ4n) is 0.798. The Bertz CT molecular complexity index is 171. The maximum atomic E-state index is 11.1. The number of nitrogens with zero attached hydrogens (tertiary/aromatic N) is 1. The highest BCUT2D eigenvalue weighted by Gasteiger charge is 2.07. The van der Waals surface area contributed by atoms with Crippen LogP contribution in [0.15, 0.2) is 0 Å². The van der Waals surface area contributed by atoms with Gasteiger partial charge < -0.3 is 20.6 Å². The molecule has 5 nitrogen and oxygen atoms in total. The Balaban J connectivity index is 3.43. The molecular formula is C9H21N3O2. The van der Waals surface area contributed by atoms with Crippen molar-refractivity contribution in [1.29, 1.82) is 0 Å². The van der Waals surface area contributed by atoms with Gasteiger partial charge in [0.2, 0.25) is 0 Å². The number of carbonyl (C=O) groups excluding carboxylic acids is 1. The largest absolute Gasteiger partial charge is 0.392 e. The summed E-state index contributed by atoms with van der Waals surface area (Å²) in [5.41, 5.74) is 0. The molecule has 0 fully saturated rings. The SMILES string of the molecule is CC(O)C(C)NCCNC(=O)N(C)C. The first-order valence-electron chi connectivity index (χ1n) is 4.81. The first-order chi connectivity index (χ1) is 6.45. The Kier molecular flexibility index (Phi) is 6.23. The Labute approximate surface area is 85.5 Å². The average Bonchev–Trinajstić information content (AvgIpc) is 2.11. The highest BCUT2D eigenvalue weighted by Crippen LogP contribution is 1.88. The van der Waals surface area contributed by atoms with Crippen LogP contribution in [0.5, 0.6) is 0 Å². The van der Waals surface area contributed by atoms with Crippen LogP contribution in [0.4, 0.5) is 4.79 Å². The number of amides is 2. The van der Waals surface area contributed by atoms with Crippen molar-refractivity contribution in [1.82, 2.24) is 15.5 Å². The lowest BCUT2D eigenvalue weighted by Gasteiger charge is -2.17. The predicted octanol–water partition coefficient (Wildman–Crippen LogP) is -0.383. The van der Waals surface area contributed by atoms with Crippen molar-refractivity contribution < 1.29 is 9.90 Å². The summed E-state index contributed by atoms with van der Waals surface area (Å²) in [6.45, 7) is 4.86. The van der Waals surface area contributed by atoms with Gasteiger partial charge in [-0.25, -0.2) is 4.79 Å². The summed E-state index contributed by atoms with van der Waals surface area (Å²) in [4.78, 5) is 12.5. The molecule has 14 heavy (non-hydrogen) atoms. The average molecular weight is 203 g/mol. The van der Waals surface area contributed by atoms with E-state index in [0.717, 1.165) is 0 Å². The topological polar surface area (TPSA) is 64.6 Å². The van der Waals surface area contributed by atoms with E-state index < -0.39 is 0 Å². The number of hydrogen-bond donors (Lipinski definition) is 3. The van der Waals surface area contributed by atoms with Crippen molar-refractivity contribution in [3.8, 4) is 0 Å². The molecule has 0 heterocycles. The molecule has 0 spiro atoms. The minimum atomic E-state index is -0.375. The van der Waals surface area contributed by atoms with Crippen LogP contribution in [-0.2, 0) is 0 Å². The van der Waals surface area contributed by atoms with E-state index in [4.69, 9.17) is 5.11 Å². The van der Waals surface area contributed by atoms with Crippen LogP contribution in [0.2, 0.25) is 0 Å². The molecule has 2 amide bonds. The molecule has 0 aliphatic heterocycles. The molecule has 0 aliphatic carbocycles. The second kappa shape index (κ2) is 6.62. The lowest BCUT2D eigenvalue weighted by atomic mass is 10.2. The number of hydrogen-bond acceptors (Lipinski definition) is 3. The maximum Gasteiger partial charge on any atom is 0.316 e. The lowest BCUT2D eigenvalue weighted by molar-refractivity contribution is 0.153. The van der Waals surface area contributed by atoms with E-state index in [1.54, 1.807) is 21.0 Å². The number of carbonyl (C=O) groups is 1. The van der Waals surface area contributed by atoms with Crippen LogP contribution in [-0.4, -0.2) is 55.4 Å². The normalized spacial score (nSPS) is 14.6. The summed E-state index contributed by atoms with van der Waals surface area (Å²) in [6.07, 6.45) is -0.375. The summed E-state index contributed by atoms with van der Waals surface area (Å²) in [6, 6.07) is -0.0530. The Morgan fingerprint density at radius 1 is 1.36 bits per heavy atom. The molecule has 0 saturated heterocycles. The summed E-state index contributed by atoms with van der Waals surface area (Å²) >= 11 is 0. The molecule has 3 N–H and O–H groups in total. The van der Waals surface area contributed by atoms with E-state index in [1.165, 1.54) is 4.90 Å². The molecule has 0 aromatic rings. The third-order valence-electron chi connectivity index (χ3n) is 2.00. The Morgan fingerprint density at radius 2 is 1.93 bits per heavy atom. The zero-order chi connectivity index (χ0) is 11.1. The van der Waals surface area contributed by atoms with Crippen LogP contribution in [0, 0.1) is 0 Å². The second-order valence-corrected chi connectivity index (χ2v) is 3.61. The number of rotatable bonds is 5. The van der Waals surface area contributed by atoms with Gasteiger partial charge in [0, 0.05) is 33.2 Å². The van der Waals surface area contributed by atoms with Gasteiger partial charge in [-0.3, -0.25) is 0 Å². The smallest absolute Gasteiger partial charge is 0.316 e. The van der Waals surface area contributed by atoms with E-state index in [0.29, 0.717) is 13.1 Å². The number of urea groups is 1. The van der Waals surface area contributed by atoms with E-state index >= 15 is 0 Å². The van der Waals surface area contributed by atoms with Gasteiger partial charge in [-0.15, -0.1) is 0 Å². The number of aliphatic hydroxyl groups is 1.